The predicted molar refractivity (Wildman–Crippen MR) is 117 cm³/mol. The molecule has 1 unspecified atom stereocenters. The fourth-order valence-corrected chi connectivity index (χ4v) is 3.03. The topological polar surface area (TPSA) is 116 Å². The van der Waals surface area contributed by atoms with Gasteiger partial charge in [-0.25, -0.2) is 0 Å². The highest BCUT2D eigenvalue weighted by Crippen LogP contribution is 2.30. The minimum Gasteiger partial charge on any atom is -0.480 e. The van der Waals surface area contributed by atoms with Gasteiger partial charge in [0.25, 0.3) is 0 Å². The molecule has 3 aromatic carbocycles. The predicted octanol–water partition coefficient (Wildman–Crippen LogP) is 2.94. The third-order valence-electron chi connectivity index (χ3n) is 4.61. The Bertz CT molecular complexity index is 1080. The summed E-state index contributed by atoms with van der Waals surface area (Å²) in [7, 11) is 0. The van der Waals surface area contributed by atoms with Crippen LogP contribution in [0.25, 0.3) is 0 Å². The summed E-state index contributed by atoms with van der Waals surface area (Å²) in [5.41, 5.74) is 7.70. The number of hydrogen-bond donors (Lipinski definition) is 2. The lowest BCUT2D eigenvalue weighted by Gasteiger charge is -2.13. The Balaban J connectivity index is 1.78. The van der Waals surface area contributed by atoms with Crippen LogP contribution in [-0.4, -0.2) is 29.1 Å². The highest BCUT2D eigenvalue weighted by atomic mass is 16.6. The van der Waals surface area contributed by atoms with Gasteiger partial charge in [0.1, 0.15) is 6.04 Å². The van der Waals surface area contributed by atoms with Crippen LogP contribution in [0.2, 0.25) is 0 Å². The van der Waals surface area contributed by atoms with E-state index in [1.165, 1.54) is 12.1 Å². The van der Waals surface area contributed by atoms with Gasteiger partial charge < -0.3 is 20.3 Å². The van der Waals surface area contributed by atoms with Crippen molar-refractivity contribution in [3.63, 3.8) is 0 Å². The van der Waals surface area contributed by atoms with Crippen molar-refractivity contribution in [1.82, 2.24) is 0 Å². The number of carboxylic acid groups (broad SMARTS) is 1. The lowest BCUT2D eigenvalue weighted by Crippen LogP contribution is -2.32. The van der Waals surface area contributed by atoms with Gasteiger partial charge in [-0.2, -0.15) is 0 Å². The molecule has 3 aromatic rings. The third-order valence-corrected chi connectivity index (χ3v) is 4.61. The van der Waals surface area contributed by atoms with E-state index in [1.54, 1.807) is 30.3 Å². The van der Waals surface area contributed by atoms with Crippen LogP contribution >= 0.6 is 0 Å². The molecular weight excluding hydrogens is 410 g/mol. The molecule has 0 aliphatic carbocycles. The van der Waals surface area contributed by atoms with Gasteiger partial charge in [0.15, 0.2) is 11.5 Å². The molecule has 0 fully saturated rings. The fourth-order valence-electron chi connectivity index (χ4n) is 3.03. The summed E-state index contributed by atoms with van der Waals surface area (Å²) in [4.78, 5) is 35.9. The smallest absolute Gasteiger partial charge is 0.320 e. The number of carboxylic acids is 1. The molecule has 3 rings (SSSR count). The van der Waals surface area contributed by atoms with Crippen LogP contribution in [0.3, 0.4) is 0 Å². The van der Waals surface area contributed by atoms with Gasteiger partial charge in [-0.3, -0.25) is 14.4 Å². The molecule has 0 saturated carbocycles. The highest BCUT2D eigenvalue weighted by molar-refractivity contribution is 5.79. The van der Waals surface area contributed by atoms with Gasteiger partial charge in [-0.1, -0.05) is 66.7 Å². The molecule has 0 aromatic heterocycles. The lowest BCUT2D eigenvalue weighted by atomic mass is 10.1. The Labute approximate surface area is 185 Å². The van der Waals surface area contributed by atoms with Crippen LogP contribution in [0.15, 0.2) is 78.9 Å². The van der Waals surface area contributed by atoms with Gasteiger partial charge in [-0.05, 0) is 35.2 Å². The molecule has 0 spiro atoms. The van der Waals surface area contributed by atoms with Gasteiger partial charge >= 0.3 is 17.9 Å². The Morgan fingerprint density at radius 2 is 1.22 bits per heavy atom. The number of hydrogen-bond acceptors (Lipinski definition) is 6. The first-order chi connectivity index (χ1) is 15.4. The standard InChI is InChI=1S/C25H23NO6/c26-20(25(29)30)13-19-11-12-21(31-23(27)15-17-7-3-1-4-8-17)22(14-19)32-24(28)16-18-9-5-2-6-10-18/h1-12,14,20H,13,15-16,26H2,(H,29,30). The number of benzene rings is 3. The minimum atomic E-state index is -1.15. The largest absolute Gasteiger partial charge is 0.480 e. The number of aliphatic carboxylic acids is 1. The van der Waals surface area contributed by atoms with Crippen molar-refractivity contribution in [3.05, 3.63) is 95.6 Å². The van der Waals surface area contributed by atoms with E-state index < -0.39 is 23.9 Å². The first-order valence-electron chi connectivity index (χ1n) is 10.0. The fraction of sp³-hybridized carbons (Fsp3) is 0.160. The van der Waals surface area contributed by atoms with Crippen molar-refractivity contribution in [2.75, 3.05) is 0 Å². The number of rotatable bonds is 9. The maximum absolute atomic E-state index is 12.5. The van der Waals surface area contributed by atoms with Crippen LogP contribution in [0, 0.1) is 0 Å². The molecule has 0 aliphatic heterocycles. The molecule has 0 aliphatic rings. The summed E-state index contributed by atoms with van der Waals surface area (Å²) >= 11 is 0. The maximum atomic E-state index is 12.5. The molecule has 7 heteroatoms. The monoisotopic (exact) mass is 433 g/mol. The van der Waals surface area contributed by atoms with Crippen LogP contribution < -0.4 is 15.2 Å². The zero-order valence-corrected chi connectivity index (χ0v) is 17.3. The number of nitrogens with two attached hydrogens (primary N) is 1. The molecule has 0 bridgehead atoms. The second-order valence-corrected chi connectivity index (χ2v) is 7.20. The van der Waals surface area contributed by atoms with Crippen molar-refractivity contribution in [1.29, 1.82) is 0 Å². The molecule has 0 amide bonds. The molecule has 0 radical (unpaired) electrons. The van der Waals surface area contributed by atoms with Crippen molar-refractivity contribution in [2.45, 2.75) is 25.3 Å². The summed E-state index contributed by atoms with van der Waals surface area (Å²) < 4.78 is 10.9. The third kappa shape index (κ3) is 6.78. The first-order valence-corrected chi connectivity index (χ1v) is 10.0. The molecular formula is C25H23NO6. The average Bonchev–Trinajstić information content (AvgIpc) is 2.76. The molecule has 7 nitrogen and oxygen atoms in total. The minimum absolute atomic E-state index is 0.0246. The highest BCUT2D eigenvalue weighted by Gasteiger charge is 2.18. The summed E-state index contributed by atoms with van der Waals surface area (Å²) in [6.07, 6.45) is 0.0950. The molecule has 0 saturated heterocycles. The summed E-state index contributed by atoms with van der Waals surface area (Å²) in [5, 5.41) is 9.06. The van der Waals surface area contributed by atoms with Crippen molar-refractivity contribution in [3.8, 4) is 11.5 Å². The van der Waals surface area contributed by atoms with Gasteiger partial charge in [0, 0.05) is 0 Å². The van der Waals surface area contributed by atoms with Gasteiger partial charge in [0.2, 0.25) is 0 Å². The van der Waals surface area contributed by atoms with Gasteiger partial charge in [0.05, 0.1) is 12.8 Å². The van der Waals surface area contributed by atoms with E-state index in [2.05, 4.69) is 0 Å². The summed E-state index contributed by atoms with van der Waals surface area (Å²) in [5.74, 6) is -2.11. The van der Waals surface area contributed by atoms with E-state index in [9.17, 15) is 14.4 Å². The number of carbonyl (C=O) groups is 3. The molecule has 3 N–H and O–H groups in total. The first kappa shape index (κ1) is 22.7. The van der Waals surface area contributed by atoms with E-state index in [-0.39, 0.29) is 30.8 Å². The van der Waals surface area contributed by atoms with Crippen LogP contribution in [0.5, 0.6) is 11.5 Å². The Morgan fingerprint density at radius 1 is 0.719 bits per heavy atom. The van der Waals surface area contributed by atoms with E-state index in [4.69, 9.17) is 20.3 Å². The summed E-state index contributed by atoms with van der Waals surface area (Å²) in [6.45, 7) is 0. The zero-order valence-electron chi connectivity index (χ0n) is 17.3. The van der Waals surface area contributed by atoms with E-state index in [0.717, 1.165) is 11.1 Å². The molecule has 1 atom stereocenters. The SMILES string of the molecule is NC(Cc1ccc(OC(=O)Cc2ccccc2)c(OC(=O)Cc2ccccc2)c1)C(=O)O. The van der Waals surface area contributed by atoms with Gasteiger partial charge in [-0.15, -0.1) is 0 Å². The van der Waals surface area contributed by atoms with Crippen molar-refractivity contribution < 1.29 is 29.0 Å². The average molecular weight is 433 g/mol. The second kappa shape index (κ2) is 10.9. The number of esters is 2. The quantitative estimate of drug-likeness (QED) is 0.394. The maximum Gasteiger partial charge on any atom is 0.320 e. The number of carbonyl (C=O) groups excluding carboxylic acids is 2. The van der Waals surface area contributed by atoms with Crippen molar-refractivity contribution in [2.24, 2.45) is 5.73 Å². The van der Waals surface area contributed by atoms with Crippen LogP contribution in [0.1, 0.15) is 16.7 Å². The Hall–Kier alpha value is -3.97. The molecule has 32 heavy (non-hydrogen) atoms. The Morgan fingerprint density at radius 3 is 1.72 bits per heavy atom. The normalized spacial score (nSPS) is 11.4. The second-order valence-electron chi connectivity index (χ2n) is 7.20. The Kier molecular flexibility index (Phi) is 7.72. The molecule has 164 valence electrons. The van der Waals surface area contributed by atoms with Crippen LogP contribution in [-0.2, 0) is 33.6 Å². The van der Waals surface area contributed by atoms with E-state index in [0.29, 0.717) is 5.56 Å². The molecule has 0 heterocycles. The van der Waals surface area contributed by atoms with E-state index in [1.807, 2.05) is 36.4 Å². The van der Waals surface area contributed by atoms with Crippen molar-refractivity contribution >= 4 is 17.9 Å². The zero-order chi connectivity index (χ0) is 22.9. The number of ether oxygens (including phenoxy) is 2. The van der Waals surface area contributed by atoms with Crippen LogP contribution in [0.4, 0.5) is 0 Å². The lowest BCUT2D eigenvalue weighted by molar-refractivity contribution is -0.138. The summed E-state index contributed by atoms with van der Waals surface area (Å²) in [6, 6.07) is 21.6. The van der Waals surface area contributed by atoms with E-state index >= 15 is 0 Å².